The highest BCUT2D eigenvalue weighted by molar-refractivity contribution is 5.80. The molecule has 0 unspecified atom stereocenters. The van der Waals surface area contributed by atoms with Crippen LogP contribution in [-0.2, 0) is 9.59 Å². The van der Waals surface area contributed by atoms with Crippen LogP contribution in [0.5, 0.6) is 0 Å². The van der Waals surface area contributed by atoms with Gasteiger partial charge in [-0.15, -0.1) is 0 Å². The van der Waals surface area contributed by atoms with E-state index in [1.165, 1.54) is 6.08 Å². The smallest absolute Gasteiger partial charge is 0.328 e. The summed E-state index contributed by atoms with van der Waals surface area (Å²) in [6, 6.07) is 0. The van der Waals surface area contributed by atoms with Gasteiger partial charge in [0.2, 0.25) is 0 Å². The van der Waals surface area contributed by atoms with E-state index in [0.29, 0.717) is 18.9 Å². The Morgan fingerprint density at radius 3 is 2.12 bits per heavy atom. The number of carboxylic acid groups (broad SMARTS) is 2. The molecule has 6 nitrogen and oxygen atoms in total. The molecule has 0 fully saturated rings. The van der Waals surface area contributed by atoms with Gasteiger partial charge in [0.05, 0.1) is 0 Å². The Morgan fingerprint density at radius 2 is 1.62 bits per heavy atom. The Hall–Kier alpha value is -1.66. The molecule has 4 N–H and O–H groups in total. The van der Waals surface area contributed by atoms with Crippen molar-refractivity contribution in [1.82, 2.24) is 0 Å². The van der Waals surface area contributed by atoms with E-state index in [9.17, 15) is 19.8 Å². The second-order valence-electron chi connectivity index (χ2n) is 3.18. The normalized spacial score (nSPS) is 12.4. The molecule has 0 bridgehead atoms. The summed E-state index contributed by atoms with van der Waals surface area (Å²) in [4.78, 5) is 20.2. The van der Waals surface area contributed by atoms with Crippen LogP contribution >= 0.6 is 0 Å². The highest BCUT2D eigenvalue weighted by Crippen LogP contribution is 2.12. The van der Waals surface area contributed by atoms with Crippen molar-refractivity contribution in [3.63, 3.8) is 0 Å². The summed E-state index contributed by atoms with van der Waals surface area (Å²) in [5, 5.41) is 35.0. The standard InChI is InChI=1S/C10H14O6/c11-8(12)4-2-1-3-6-10(15,16)7-5-9(13)14/h2,4-5,7,15-16H,1,3,6H2,(H,11,12)(H,13,14). The van der Waals surface area contributed by atoms with Crippen molar-refractivity contribution in [2.24, 2.45) is 0 Å². The number of carbonyl (C=O) groups is 2. The van der Waals surface area contributed by atoms with Crippen LogP contribution in [0, 0.1) is 0 Å². The van der Waals surface area contributed by atoms with Gasteiger partial charge in [-0.2, -0.15) is 0 Å². The average molecular weight is 230 g/mol. The Labute approximate surface area is 92.1 Å². The van der Waals surface area contributed by atoms with Gasteiger partial charge in [-0.3, -0.25) is 0 Å². The van der Waals surface area contributed by atoms with Crippen molar-refractivity contribution in [2.45, 2.75) is 25.0 Å². The van der Waals surface area contributed by atoms with Gasteiger partial charge in [-0.05, 0) is 18.9 Å². The largest absolute Gasteiger partial charge is 0.478 e. The highest BCUT2D eigenvalue weighted by Gasteiger charge is 2.18. The molecule has 0 spiro atoms. The molecule has 6 heteroatoms. The third-order valence-electron chi connectivity index (χ3n) is 1.67. The number of aliphatic hydroxyl groups is 2. The maximum absolute atomic E-state index is 10.1. The van der Waals surface area contributed by atoms with Crippen molar-refractivity contribution >= 4 is 11.9 Å². The molecule has 0 aliphatic rings. The zero-order chi connectivity index (χ0) is 12.6. The first-order chi connectivity index (χ1) is 7.33. The summed E-state index contributed by atoms with van der Waals surface area (Å²) in [5.41, 5.74) is 0. The summed E-state index contributed by atoms with van der Waals surface area (Å²) in [6.07, 6.45) is 4.41. The van der Waals surface area contributed by atoms with Crippen LogP contribution in [0.4, 0.5) is 0 Å². The SMILES string of the molecule is O=C(O)C=CCCCC(O)(O)C=CC(=O)O. The van der Waals surface area contributed by atoms with Gasteiger partial charge >= 0.3 is 11.9 Å². The van der Waals surface area contributed by atoms with Crippen molar-refractivity contribution in [3.8, 4) is 0 Å². The third-order valence-corrected chi connectivity index (χ3v) is 1.67. The minimum atomic E-state index is -2.17. The number of aliphatic carboxylic acids is 2. The predicted molar refractivity (Wildman–Crippen MR) is 54.6 cm³/mol. The van der Waals surface area contributed by atoms with Crippen molar-refractivity contribution in [1.29, 1.82) is 0 Å². The monoisotopic (exact) mass is 230 g/mol. The first-order valence-electron chi connectivity index (χ1n) is 4.60. The molecule has 0 atom stereocenters. The summed E-state index contributed by atoms with van der Waals surface area (Å²) >= 11 is 0. The number of hydrogen-bond acceptors (Lipinski definition) is 4. The van der Waals surface area contributed by atoms with Gasteiger partial charge in [0.25, 0.3) is 0 Å². The number of carboxylic acids is 2. The van der Waals surface area contributed by atoms with Gasteiger partial charge < -0.3 is 20.4 Å². The molecular weight excluding hydrogens is 216 g/mol. The van der Waals surface area contributed by atoms with Crippen LogP contribution < -0.4 is 0 Å². The zero-order valence-corrected chi connectivity index (χ0v) is 8.54. The fourth-order valence-corrected chi connectivity index (χ4v) is 0.952. The minimum absolute atomic E-state index is 0.0687. The Morgan fingerprint density at radius 1 is 1.06 bits per heavy atom. The lowest BCUT2D eigenvalue weighted by molar-refractivity contribution is -0.134. The van der Waals surface area contributed by atoms with Gasteiger partial charge in [-0.25, -0.2) is 9.59 Å². The van der Waals surface area contributed by atoms with Gasteiger partial charge in [0.15, 0.2) is 5.79 Å². The van der Waals surface area contributed by atoms with Crippen LogP contribution in [0.2, 0.25) is 0 Å². The lowest BCUT2D eigenvalue weighted by Gasteiger charge is -2.16. The van der Waals surface area contributed by atoms with Crippen molar-refractivity contribution in [3.05, 3.63) is 24.3 Å². The average Bonchev–Trinajstić information content (AvgIpc) is 2.14. The summed E-state index contributed by atoms with van der Waals surface area (Å²) in [7, 11) is 0. The first kappa shape index (κ1) is 14.3. The zero-order valence-electron chi connectivity index (χ0n) is 8.54. The Kier molecular flexibility index (Phi) is 6.06. The third kappa shape index (κ3) is 8.92. The molecule has 16 heavy (non-hydrogen) atoms. The number of hydrogen-bond donors (Lipinski definition) is 4. The second kappa shape index (κ2) is 6.76. The van der Waals surface area contributed by atoms with Gasteiger partial charge in [0.1, 0.15) is 0 Å². The van der Waals surface area contributed by atoms with E-state index in [2.05, 4.69) is 0 Å². The van der Waals surface area contributed by atoms with E-state index in [1.54, 1.807) is 0 Å². The number of allylic oxidation sites excluding steroid dienone is 1. The molecule has 0 aromatic heterocycles. The van der Waals surface area contributed by atoms with Crippen molar-refractivity contribution < 1.29 is 30.0 Å². The Bertz CT molecular complexity index is 302. The van der Waals surface area contributed by atoms with E-state index < -0.39 is 17.7 Å². The predicted octanol–water partition coefficient (Wildman–Crippen LogP) is 0.119. The molecule has 0 amide bonds. The van der Waals surface area contributed by atoms with E-state index >= 15 is 0 Å². The Balaban J connectivity index is 3.91. The van der Waals surface area contributed by atoms with E-state index in [-0.39, 0.29) is 6.42 Å². The summed E-state index contributed by atoms with van der Waals surface area (Å²) in [5.74, 6) is -4.50. The van der Waals surface area contributed by atoms with E-state index in [4.69, 9.17) is 10.2 Å². The topological polar surface area (TPSA) is 115 Å². The summed E-state index contributed by atoms with van der Waals surface area (Å²) in [6.45, 7) is 0. The van der Waals surface area contributed by atoms with Crippen LogP contribution in [0.25, 0.3) is 0 Å². The van der Waals surface area contributed by atoms with Crippen LogP contribution in [0.1, 0.15) is 19.3 Å². The number of rotatable bonds is 7. The fraction of sp³-hybridized carbons (Fsp3) is 0.400. The van der Waals surface area contributed by atoms with Crippen LogP contribution in [-0.4, -0.2) is 38.2 Å². The molecule has 0 aromatic rings. The lowest BCUT2D eigenvalue weighted by atomic mass is 10.1. The summed E-state index contributed by atoms with van der Waals surface area (Å²) < 4.78 is 0. The molecule has 0 radical (unpaired) electrons. The molecule has 90 valence electrons. The molecule has 0 aliphatic carbocycles. The molecule has 0 aliphatic heterocycles. The van der Waals surface area contributed by atoms with Crippen LogP contribution in [0.3, 0.4) is 0 Å². The quantitative estimate of drug-likeness (QED) is 0.280. The first-order valence-corrected chi connectivity index (χ1v) is 4.60. The minimum Gasteiger partial charge on any atom is -0.478 e. The fourth-order valence-electron chi connectivity index (χ4n) is 0.952. The van der Waals surface area contributed by atoms with Gasteiger partial charge in [-0.1, -0.05) is 6.08 Å². The highest BCUT2D eigenvalue weighted by atomic mass is 16.5. The maximum Gasteiger partial charge on any atom is 0.328 e. The van der Waals surface area contributed by atoms with E-state index in [1.807, 2.05) is 0 Å². The van der Waals surface area contributed by atoms with Crippen molar-refractivity contribution in [2.75, 3.05) is 0 Å². The maximum atomic E-state index is 10.1. The van der Waals surface area contributed by atoms with E-state index in [0.717, 1.165) is 12.2 Å². The van der Waals surface area contributed by atoms with Crippen LogP contribution in [0.15, 0.2) is 24.3 Å². The number of unbranched alkanes of at least 4 members (excludes halogenated alkanes) is 1. The molecule has 0 heterocycles. The molecule has 0 saturated heterocycles. The molecule has 0 saturated carbocycles. The van der Waals surface area contributed by atoms with Gasteiger partial charge in [0, 0.05) is 18.6 Å². The lowest BCUT2D eigenvalue weighted by Crippen LogP contribution is -2.24. The molecule has 0 rings (SSSR count). The molecular formula is C10H14O6. The second-order valence-corrected chi connectivity index (χ2v) is 3.18. The molecule has 0 aromatic carbocycles.